The smallest absolute Gasteiger partial charge is 0.433 e. The first kappa shape index (κ1) is 105. The van der Waals surface area contributed by atoms with Crippen molar-refractivity contribution in [2.45, 2.75) is 57.8 Å². The number of carbonyl (C=O) groups is 5. The van der Waals surface area contributed by atoms with Crippen LogP contribution in [0, 0.1) is 12.8 Å². The number of likely N-dealkylation sites (N-methyl/N-ethyl adjacent to an activating group) is 2. The molecule has 3 saturated heterocycles. The number of piperidine rings is 1. The van der Waals surface area contributed by atoms with Gasteiger partial charge in [-0.2, -0.15) is 57.7 Å². The average Bonchev–Trinajstić information content (AvgIpc) is 1.60. The van der Waals surface area contributed by atoms with E-state index in [-0.39, 0.29) is 79.5 Å². The number of nitrogens with one attached hydrogen (secondary N) is 5. The lowest BCUT2D eigenvalue weighted by Gasteiger charge is -2.36. The molecule has 0 spiro atoms. The summed E-state index contributed by atoms with van der Waals surface area (Å²) in [4.78, 5) is 116. The van der Waals surface area contributed by atoms with Crippen molar-refractivity contribution in [1.29, 1.82) is 0 Å². The molecule has 17 N–H and O–H groups in total. The predicted molar refractivity (Wildman–Crippen MR) is 525 cm³/mol. The highest BCUT2D eigenvalue weighted by atomic mass is 19.4. The van der Waals surface area contributed by atoms with Crippen LogP contribution in [-0.4, -0.2) is 255 Å². The van der Waals surface area contributed by atoms with Crippen LogP contribution in [0.2, 0.25) is 0 Å². The third kappa shape index (κ3) is 24.6. The highest BCUT2D eigenvalue weighted by molar-refractivity contribution is 6.16. The van der Waals surface area contributed by atoms with Gasteiger partial charge in [0.1, 0.15) is 57.2 Å². The first-order valence-corrected chi connectivity index (χ1v) is 45.5. The third-order valence-corrected chi connectivity index (χ3v) is 23.6. The Hall–Kier alpha value is -17.4. The molecule has 0 aliphatic carbocycles. The molecular formula is C93H97F12N37O6. The number of hydrogen-bond donors (Lipinski definition) is 11. The molecular weight excluding hydrogens is 1960 g/mol. The lowest BCUT2D eigenvalue weighted by atomic mass is 9.97. The zero-order valence-electron chi connectivity index (χ0n) is 79.5. The lowest BCUT2D eigenvalue weighted by Crippen LogP contribution is -2.46. The Labute approximate surface area is 832 Å². The molecule has 16 aromatic rings. The zero-order valence-corrected chi connectivity index (χ0v) is 79.5. The number of hydrogen-bond acceptors (Lipinski definition) is 33. The van der Waals surface area contributed by atoms with E-state index in [0.29, 0.717) is 64.6 Å². The number of aromatic nitrogens is 20. The molecule has 3 fully saturated rings. The van der Waals surface area contributed by atoms with Crippen LogP contribution in [0.25, 0.3) is 39.4 Å². The monoisotopic (exact) mass is 2060 g/mol. The highest BCUT2D eigenvalue weighted by Crippen LogP contribution is 2.39. The molecule has 43 nitrogen and oxygen atoms in total. The van der Waals surface area contributed by atoms with Crippen LogP contribution in [0.3, 0.4) is 0 Å². The first-order valence-electron chi connectivity index (χ1n) is 45.5. The summed E-state index contributed by atoms with van der Waals surface area (Å²) in [5.74, 6) is -3.20. The van der Waals surface area contributed by atoms with Gasteiger partial charge in [0, 0.05) is 146 Å². The molecule has 148 heavy (non-hydrogen) atoms. The number of aryl methyl sites for hydroxylation is 1. The molecule has 0 unspecified atom stereocenters. The van der Waals surface area contributed by atoms with Crippen LogP contribution >= 0.6 is 0 Å². The minimum absolute atomic E-state index is 0.0991. The maximum absolute atomic E-state index is 13.1. The van der Waals surface area contributed by atoms with Gasteiger partial charge in [-0.05, 0) is 132 Å². The Morgan fingerprint density at radius 3 is 1.07 bits per heavy atom. The van der Waals surface area contributed by atoms with E-state index in [2.05, 4.69) is 133 Å². The summed E-state index contributed by atoms with van der Waals surface area (Å²) in [6.07, 6.45) is 5.79. The first-order chi connectivity index (χ1) is 70.6. The van der Waals surface area contributed by atoms with Gasteiger partial charge in [0.15, 0.2) is 57.3 Å². The lowest BCUT2D eigenvalue weighted by molar-refractivity contribution is -0.141. The number of carbonyl (C=O) groups excluding carboxylic acids is 5. The van der Waals surface area contributed by atoms with Gasteiger partial charge in [-0.3, -0.25) is 53.8 Å². The summed E-state index contributed by atoms with van der Waals surface area (Å²) in [7, 11) is 5.95. The Bertz CT molecular complexity index is 7480. The second kappa shape index (κ2) is 44.9. The van der Waals surface area contributed by atoms with Crippen molar-refractivity contribution >= 4 is 132 Å². The van der Waals surface area contributed by atoms with E-state index >= 15 is 0 Å². The van der Waals surface area contributed by atoms with Gasteiger partial charge in [-0.15, -0.1) is 25.5 Å². The number of fused-ring (bicyclic) bond motifs is 5. The standard InChI is InChI=1S/C20H23F3N8O.C19H21F3N8O.C19H13F3N6O.C18H19F3N8O.C17H21N7O2/c1-2-6-29-8-10-30(11-9-29)14-3-5-25-12-13(14)26-19(32)16-17(24)28-31-7-4-15(20(21,22)23)27-18(16)31;20-19(21,22)14-4-8-30-17(27-14)15(16(24)28-30)18(31)26-12-10-25-5-1-13(12)29-6-2-11(9-23)3-7-29;20-19(21,22)14-7-9-28-17(26-14)15(16(23)27-28)18(29)25-13-10-24-8-6-12(13)11-4-2-1-3-5-11;1-27-6-8-28(9-7-27)12-2-4-23-10-11(12)24-17(30)14-15(22)26-29-5-3-13(18(19,20)21)25-16(14)29;1-11-4-6-19-10-12(11)20-17(25)14-15(18)22-24-7-5-13(21-16(14)24)26-9-8-23(2)3/h3-5,7,12H,2,6,8-11H2,1H3,(H2,24,28)(H,26,32);1,4-5,8,10-11H,2-3,6-7,9,23H2,(H2,24,28)(H,26,31);1-10H,(H2,23,27)(H,25,29);2-5,10H,6-9H2,1H3,(H2,22,26)(H,24,30);4-7,10H,8-9H2,1-3H3,(H2,18,22)(H,20,25). The Kier molecular flexibility index (Phi) is 31.8. The van der Waals surface area contributed by atoms with E-state index in [1.165, 1.54) is 29.3 Å². The number of nitrogens with two attached hydrogens (primary N) is 6. The number of nitrogens with zero attached hydrogens (tertiary/aromatic N) is 26. The van der Waals surface area contributed by atoms with Crippen molar-refractivity contribution in [3.63, 3.8) is 0 Å². The van der Waals surface area contributed by atoms with E-state index in [4.69, 9.17) is 39.1 Å². The quantitative estimate of drug-likeness (QED) is 0.0298. The van der Waals surface area contributed by atoms with Gasteiger partial charge in [0.05, 0.1) is 76.5 Å². The number of ether oxygens (including phenoxy) is 1. The van der Waals surface area contributed by atoms with Crippen molar-refractivity contribution in [1.82, 2.24) is 113 Å². The Morgan fingerprint density at radius 2 is 0.716 bits per heavy atom. The minimum Gasteiger partial charge on any atom is -0.476 e. The van der Waals surface area contributed by atoms with Crippen molar-refractivity contribution in [3.05, 3.63) is 240 Å². The van der Waals surface area contributed by atoms with Crippen LogP contribution in [0.4, 0.5) is 127 Å². The van der Waals surface area contributed by atoms with Gasteiger partial charge in [-0.25, -0.2) is 42.5 Å². The number of pyridine rings is 5. The van der Waals surface area contributed by atoms with Crippen LogP contribution in [0.1, 0.15) is 106 Å². The Morgan fingerprint density at radius 1 is 0.399 bits per heavy atom. The molecule has 15 aromatic heterocycles. The fraction of sp³-hybridized carbons (Fsp3) is 0.290. The van der Waals surface area contributed by atoms with Crippen molar-refractivity contribution in [2.75, 3.05) is 183 Å². The maximum atomic E-state index is 13.1. The SMILES string of the molecule is CCCN1CCN(c2ccncc2NC(=O)c2c(N)nn3ccc(C(F)(F)F)nc23)CC1.CN1CCN(c2ccncc2NC(=O)c2c(N)nn3ccc(C(F)(F)F)nc23)CC1.Cc1ccncc1NC(=O)c1c(N)nn2ccc(OCCN(C)C)nc12.NCC1CCN(c2ccncc2NC(=O)c2c(N)nn3ccc(C(F)(F)F)nc23)CC1.Nc1nn2ccc(C(F)(F)F)nc2c1C(=O)Nc1cnccc1-c1ccccc1. The number of benzene rings is 1. The maximum Gasteiger partial charge on any atom is 0.433 e. The molecule has 19 rings (SSSR count). The summed E-state index contributed by atoms with van der Waals surface area (Å²) in [6.45, 7) is 15.1. The number of halogens is 12. The van der Waals surface area contributed by atoms with Crippen LogP contribution in [0.15, 0.2) is 184 Å². The van der Waals surface area contributed by atoms with Gasteiger partial charge in [-0.1, -0.05) is 37.3 Å². The highest BCUT2D eigenvalue weighted by Gasteiger charge is 2.40. The summed E-state index contributed by atoms with van der Waals surface area (Å²) < 4.78 is 168. The van der Waals surface area contributed by atoms with Crippen molar-refractivity contribution < 1.29 is 81.4 Å². The second-order valence-electron chi connectivity index (χ2n) is 34.0. The third-order valence-electron chi connectivity index (χ3n) is 23.6. The molecule has 0 bridgehead atoms. The predicted octanol–water partition coefficient (Wildman–Crippen LogP) is 11.2. The zero-order chi connectivity index (χ0) is 106. The molecule has 5 amide bonds. The normalized spacial score (nSPS) is 13.9. The van der Waals surface area contributed by atoms with Gasteiger partial charge >= 0.3 is 24.7 Å². The summed E-state index contributed by atoms with van der Waals surface area (Å²) in [5, 5.41) is 33.3. The topological polar surface area (TPSA) is 546 Å². The number of piperazine rings is 2. The average molecular weight is 2060 g/mol. The number of anilines is 13. The summed E-state index contributed by atoms with van der Waals surface area (Å²) in [6, 6.07) is 22.9. The van der Waals surface area contributed by atoms with Crippen LogP contribution in [-0.2, 0) is 24.7 Å². The summed E-state index contributed by atoms with van der Waals surface area (Å²) in [5.41, 5.74) is 35.9. The van der Waals surface area contributed by atoms with E-state index in [9.17, 15) is 76.7 Å². The molecule has 18 heterocycles. The molecule has 3 aliphatic rings. The minimum atomic E-state index is -4.67. The summed E-state index contributed by atoms with van der Waals surface area (Å²) >= 11 is 0. The fourth-order valence-corrected chi connectivity index (χ4v) is 16.0. The molecule has 0 atom stereocenters. The number of nitrogen functional groups attached to an aromatic ring is 5. The van der Waals surface area contributed by atoms with Crippen molar-refractivity contribution in [3.8, 4) is 17.0 Å². The van der Waals surface area contributed by atoms with E-state index in [0.717, 1.165) is 193 Å². The molecule has 3 aliphatic heterocycles. The number of amides is 5. The van der Waals surface area contributed by atoms with Gasteiger partial charge in [0.2, 0.25) is 5.88 Å². The van der Waals surface area contributed by atoms with Crippen LogP contribution in [0.5, 0.6) is 5.88 Å². The van der Waals surface area contributed by atoms with E-state index in [1.54, 1.807) is 73.7 Å². The van der Waals surface area contributed by atoms with Crippen LogP contribution < -0.4 is 80.4 Å². The Balaban J connectivity index is 0.000000139. The molecule has 774 valence electrons. The number of rotatable bonds is 21. The van der Waals surface area contributed by atoms with Gasteiger partial charge < -0.3 is 90.2 Å². The van der Waals surface area contributed by atoms with E-state index in [1.807, 2.05) is 69.4 Å². The van der Waals surface area contributed by atoms with Gasteiger partial charge in [0.25, 0.3) is 29.5 Å². The molecule has 0 radical (unpaired) electrons. The van der Waals surface area contributed by atoms with E-state index < -0.39 is 77.0 Å². The molecule has 55 heteroatoms. The van der Waals surface area contributed by atoms with Crippen molar-refractivity contribution in [2.24, 2.45) is 11.7 Å². The second-order valence-corrected chi connectivity index (χ2v) is 34.0. The molecule has 0 saturated carbocycles. The number of alkyl halides is 12. The molecule has 1 aromatic carbocycles. The largest absolute Gasteiger partial charge is 0.476 e. The fourth-order valence-electron chi connectivity index (χ4n) is 16.0.